The molecule has 0 spiro atoms. The maximum absolute atomic E-state index is 11.5. The fourth-order valence-electron chi connectivity index (χ4n) is 1.32. The van der Waals surface area contributed by atoms with Crippen LogP contribution in [-0.2, 0) is 16.0 Å². The normalized spacial score (nSPS) is 11.9. The molecule has 0 bridgehead atoms. The van der Waals surface area contributed by atoms with Crippen LogP contribution in [-0.4, -0.2) is 29.3 Å². The number of thioether (sulfide) groups is 1. The van der Waals surface area contributed by atoms with Crippen LogP contribution < -0.4 is 5.32 Å². The van der Waals surface area contributed by atoms with Gasteiger partial charge in [0.2, 0.25) is 5.91 Å². The number of carboxylic acids is 1. The Bertz CT molecular complexity index is 420. The van der Waals surface area contributed by atoms with Crippen LogP contribution in [0.25, 0.3) is 0 Å². The van der Waals surface area contributed by atoms with Crippen molar-refractivity contribution in [3.63, 3.8) is 0 Å². The van der Waals surface area contributed by atoms with Gasteiger partial charge in [-0.3, -0.25) is 9.59 Å². The lowest BCUT2D eigenvalue weighted by Crippen LogP contribution is -2.39. The molecule has 1 atom stereocenters. The van der Waals surface area contributed by atoms with Gasteiger partial charge in [-0.05, 0) is 30.9 Å². The molecular formula is C12H15NO3S. The zero-order valence-electron chi connectivity index (χ0n) is 9.77. The van der Waals surface area contributed by atoms with Crippen molar-refractivity contribution in [2.24, 2.45) is 0 Å². The molecule has 17 heavy (non-hydrogen) atoms. The van der Waals surface area contributed by atoms with Crippen molar-refractivity contribution in [1.82, 2.24) is 5.32 Å². The first-order chi connectivity index (χ1) is 8.02. The number of amides is 1. The second-order valence-electron chi connectivity index (χ2n) is 3.66. The number of hydrogen-bond acceptors (Lipinski definition) is 3. The Hall–Kier alpha value is -1.49. The summed E-state index contributed by atoms with van der Waals surface area (Å²) in [4.78, 5) is 23.2. The molecule has 0 heterocycles. The number of carboxylic acid groups (broad SMARTS) is 1. The topological polar surface area (TPSA) is 66.4 Å². The van der Waals surface area contributed by atoms with Gasteiger partial charge in [-0.25, -0.2) is 0 Å². The number of hydrogen-bond donors (Lipinski definition) is 2. The summed E-state index contributed by atoms with van der Waals surface area (Å²) in [6.45, 7) is 1.44. The highest BCUT2D eigenvalue weighted by Crippen LogP contribution is 2.16. The lowest BCUT2D eigenvalue weighted by molar-refractivity contribution is -0.141. The summed E-state index contributed by atoms with van der Waals surface area (Å²) in [5.41, 5.74) is 0.881. The van der Waals surface area contributed by atoms with Crippen LogP contribution in [0.3, 0.4) is 0 Å². The molecular weight excluding hydrogens is 238 g/mol. The molecule has 0 saturated heterocycles. The minimum absolute atomic E-state index is 0.200. The van der Waals surface area contributed by atoms with Gasteiger partial charge < -0.3 is 10.4 Å². The van der Waals surface area contributed by atoms with Gasteiger partial charge in [-0.15, -0.1) is 11.8 Å². The predicted octanol–water partition coefficient (Wildman–Crippen LogP) is 1.54. The van der Waals surface area contributed by atoms with Crippen molar-refractivity contribution in [1.29, 1.82) is 0 Å². The third kappa shape index (κ3) is 4.48. The molecule has 0 aromatic heterocycles. The monoisotopic (exact) mass is 253 g/mol. The van der Waals surface area contributed by atoms with Crippen molar-refractivity contribution in [2.45, 2.75) is 24.3 Å². The van der Waals surface area contributed by atoms with Crippen LogP contribution in [0, 0.1) is 0 Å². The van der Waals surface area contributed by atoms with E-state index in [9.17, 15) is 9.59 Å². The second kappa shape index (κ2) is 6.30. The van der Waals surface area contributed by atoms with E-state index in [0.717, 1.165) is 10.5 Å². The van der Waals surface area contributed by atoms with Gasteiger partial charge in [0.1, 0.15) is 6.04 Å². The van der Waals surface area contributed by atoms with E-state index in [2.05, 4.69) is 5.32 Å². The van der Waals surface area contributed by atoms with E-state index in [1.165, 1.54) is 6.92 Å². The molecule has 0 aliphatic carbocycles. The SMILES string of the molecule is CSc1cccc(CC(=O)N[C@@H](C)C(=O)O)c1. The van der Waals surface area contributed by atoms with Gasteiger partial charge in [0.15, 0.2) is 0 Å². The van der Waals surface area contributed by atoms with E-state index in [4.69, 9.17) is 5.11 Å². The number of rotatable bonds is 5. The fourth-order valence-corrected chi connectivity index (χ4v) is 1.81. The van der Waals surface area contributed by atoms with Crippen molar-refractivity contribution in [3.05, 3.63) is 29.8 Å². The fraction of sp³-hybridized carbons (Fsp3) is 0.333. The van der Waals surface area contributed by atoms with Crippen molar-refractivity contribution >= 4 is 23.6 Å². The Kier molecular flexibility index (Phi) is 5.03. The molecule has 5 heteroatoms. The zero-order valence-corrected chi connectivity index (χ0v) is 10.6. The molecule has 1 rings (SSSR count). The smallest absolute Gasteiger partial charge is 0.325 e. The highest BCUT2D eigenvalue weighted by atomic mass is 32.2. The Labute approximate surface area is 104 Å². The summed E-state index contributed by atoms with van der Waals surface area (Å²) in [6, 6.07) is 6.77. The van der Waals surface area contributed by atoms with Gasteiger partial charge in [-0.1, -0.05) is 12.1 Å². The summed E-state index contributed by atoms with van der Waals surface area (Å²) >= 11 is 1.60. The van der Waals surface area contributed by atoms with E-state index in [1.807, 2.05) is 30.5 Å². The third-order valence-electron chi connectivity index (χ3n) is 2.25. The average molecular weight is 253 g/mol. The minimum atomic E-state index is -1.03. The van der Waals surface area contributed by atoms with E-state index in [1.54, 1.807) is 11.8 Å². The molecule has 4 nitrogen and oxygen atoms in total. The molecule has 0 fully saturated rings. The van der Waals surface area contributed by atoms with Gasteiger partial charge in [0.25, 0.3) is 0 Å². The zero-order chi connectivity index (χ0) is 12.8. The molecule has 2 N–H and O–H groups in total. The van der Waals surface area contributed by atoms with Crippen LogP contribution >= 0.6 is 11.8 Å². The summed E-state index contributed by atoms with van der Waals surface area (Å²) in [6.07, 6.45) is 2.16. The lowest BCUT2D eigenvalue weighted by atomic mass is 10.1. The first-order valence-electron chi connectivity index (χ1n) is 5.18. The van der Waals surface area contributed by atoms with Crippen molar-refractivity contribution in [3.8, 4) is 0 Å². The molecule has 0 radical (unpaired) electrons. The molecule has 0 saturated carbocycles. The highest BCUT2D eigenvalue weighted by molar-refractivity contribution is 7.98. The average Bonchev–Trinajstić information content (AvgIpc) is 2.28. The molecule has 0 unspecified atom stereocenters. The second-order valence-corrected chi connectivity index (χ2v) is 4.54. The predicted molar refractivity (Wildman–Crippen MR) is 67.2 cm³/mol. The molecule has 0 aliphatic rings. The number of carbonyl (C=O) groups excluding carboxylic acids is 1. The number of aliphatic carboxylic acids is 1. The minimum Gasteiger partial charge on any atom is -0.480 e. The number of carbonyl (C=O) groups is 2. The molecule has 1 amide bonds. The van der Waals surface area contributed by atoms with Crippen molar-refractivity contribution < 1.29 is 14.7 Å². The first kappa shape index (κ1) is 13.6. The van der Waals surface area contributed by atoms with Crippen LogP contribution in [0.4, 0.5) is 0 Å². The first-order valence-corrected chi connectivity index (χ1v) is 6.40. The maximum Gasteiger partial charge on any atom is 0.325 e. The van der Waals surface area contributed by atoms with Crippen LogP contribution in [0.5, 0.6) is 0 Å². The summed E-state index contributed by atoms with van der Waals surface area (Å²) in [5, 5.41) is 11.1. The Morgan fingerprint density at radius 2 is 2.18 bits per heavy atom. The molecule has 1 aromatic rings. The molecule has 1 aromatic carbocycles. The van der Waals surface area contributed by atoms with Gasteiger partial charge in [0, 0.05) is 4.90 Å². The third-order valence-corrected chi connectivity index (χ3v) is 2.97. The van der Waals surface area contributed by atoms with Crippen LogP contribution in [0.1, 0.15) is 12.5 Å². The van der Waals surface area contributed by atoms with Crippen LogP contribution in [0.15, 0.2) is 29.2 Å². The Morgan fingerprint density at radius 3 is 2.76 bits per heavy atom. The summed E-state index contributed by atoms with van der Waals surface area (Å²) in [7, 11) is 0. The van der Waals surface area contributed by atoms with Gasteiger partial charge in [0.05, 0.1) is 6.42 Å². The van der Waals surface area contributed by atoms with Crippen molar-refractivity contribution in [2.75, 3.05) is 6.26 Å². The number of benzene rings is 1. The summed E-state index contributed by atoms with van der Waals surface area (Å²) in [5.74, 6) is -1.31. The molecule has 0 aliphatic heterocycles. The van der Waals surface area contributed by atoms with E-state index in [-0.39, 0.29) is 12.3 Å². The van der Waals surface area contributed by atoms with Gasteiger partial charge in [-0.2, -0.15) is 0 Å². The van der Waals surface area contributed by atoms with E-state index >= 15 is 0 Å². The van der Waals surface area contributed by atoms with Gasteiger partial charge >= 0.3 is 5.97 Å². The summed E-state index contributed by atoms with van der Waals surface area (Å²) < 4.78 is 0. The quantitative estimate of drug-likeness (QED) is 0.781. The highest BCUT2D eigenvalue weighted by Gasteiger charge is 2.13. The number of nitrogens with one attached hydrogen (secondary N) is 1. The molecule has 92 valence electrons. The van der Waals surface area contributed by atoms with E-state index < -0.39 is 12.0 Å². The largest absolute Gasteiger partial charge is 0.480 e. The maximum atomic E-state index is 11.5. The Morgan fingerprint density at radius 1 is 1.47 bits per heavy atom. The lowest BCUT2D eigenvalue weighted by Gasteiger charge is -2.09. The Balaban J connectivity index is 2.58. The standard InChI is InChI=1S/C12H15NO3S/c1-8(12(15)16)13-11(14)7-9-4-3-5-10(6-9)17-2/h3-6,8H,7H2,1-2H3,(H,13,14)(H,15,16)/t8-/m0/s1. The van der Waals surface area contributed by atoms with E-state index in [0.29, 0.717) is 0 Å². The van der Waals surface area contributed by atoms with Crippen LogP contribution in [0.2, 0.25) is 0 Å².